The molecule has 0 aliphatic heterocycles. The maximum absolute atomic E-state index is 12.1. The Kier molecular flexibility index (Phi) is 3.92. The van der Waals surface area contributed by atoms with Crippen LogP contribution in [0.1, 0.15) is 23.0 Å². The van der Waals surface area contributed by atoms with Gasteiger partial charge < -0.3 is 14.2 Å². The van der Waals surface area contributed by atoms with Gasteiger partial charge in [0.15, 0.2) is 0 Å². The van der Waals surface area contributed by atoms with Crippen LogP contribution in [0.15, 0.2) is 35.1 Å². The smallest absolute Gasteiger partial charge is 0.361 e. The molecular weight excluding hydrogens is 296 g/mol. The molecule has 0 N–H and O–H groups in total. The van der Waals surface area contributed by atoms with Gasteiger partial charge in [0.1, 0.15) is 17.5 Å². The van der Waals surface area contributed by atoms with Gasteiger partial charge in [-0.05, 0) is 31.5 Å². The van der Waals surface area contributed by atoms with Gasteiger partial charge in [0.2, 0.25) is 5.69 Å². The zero-order valence-electron chi connectivity index (χ0n) is 13.1. The molecular formula is C16H16N4O3. The number of esters is 1. The number of fused-ring (bicyclic) bond motifs is 1. The molecule has 0 unspecified atom stereocenters. The minimum Gasteiger partial charge on any atom is -0.461 e. The number of nitrogens with zero attached hydrogens (tertiary/aromatic N) is 4. The topological polar surface area (TPSA) is 81.3 Å². The Hall–Kier alpha value is -2.96. The molecule has 0 fully saturated rings. The van der Waals surface area contributed by atoms with Crippen LogP contribution in [0.5, 0.6) is 0 Å². The van der Waals surface area contributed by atoms with E-state index in [1.165, 1.54) is 6.33 Å². The summed E-state index contributed by atoms with van der Waals surface area (Å²) in [6, 6.07) is 7.94. The largest absolute Gasteiger partial charge is 0.461 e. The molecule has 0 spiro atoms. The predicted octanol–water partition coefficient (Wildman–Crippen LogP) is 2.87. The Bertz CT molecular complexity index is 859. The lowest BCUT2D eigenvalue weighted by molar-refractivity contribution is 0.0517. The van der Waals surface area contributed by atoms with Crippen LogP contribution in [-0.2, 0) is 4.74 Å². The van der Waals surface area contributed by atoms with Crippen LogP contribution in [0.4, 0.5) is 11.5 Å². The summed E-state index contributed by atoms with van der Waals surface area (Å²) in [6.07, 6.45) is 1.38. The monoisotopic (exact) mass is 312 g/mol. The molecule has 0 atom stereocenters. The number of rotatable bonds is 4. The number of carbonyl (C=O) groups excluding carboxylic acids is 1. The average molecular weight is 312 g/mol. The van der Waals surface area contributed by atoms with Crippen molar-refractivity contribution in [1.29, 1.82) is 0 Å². The van der Waals surface area contributed by atoms with Crippen LogP contribution in [0.2, 0.25) is 0 Å². The number of carbonyl (C=O) groups is 1. The van der Waals surface area contributed by atoms with E-state index in [0.29, 0.717) is 11.2 Å². The molecule has 0 bridgehead atoms. The van der Waals surface area contributed by atoms with Gasteiger partial charge in [-0.3, -0.25) is 0 Å². The molecule has 2 aromatic heterocycles. The number of hydrogen-bond acceptors (Lipinski definition) is 7. The highest BCUT2D eigenvalue weighted by Gasteiger charge is 2.24. The van der Waals surface area contributed by atoms with Crippen LogP contribution in [-0.4, -0.2) is 34.7 Å². The third-order valence-electron chi connectivity index (χ3n) is 3.43. The lowest BCUT2D eigenvalue weighted by Crippen LogP contribution is -2.13. The van der Waals surface area contributed by atoms with Gasteiger partial charge in [-0.2, -0.15) is 4.98 Å². The fraction of sp³-hybridized carbons (Fsp3) is 0.250. The molecule has 2 heterocycles. The summed E-state index contributed by atoms with van der Waals surface area (Å²) >= 11 is 0. The van der Waals surface area contributed by atoms with Crippen molar-refractivity contribution in [2.24, 2.45) is 0 Å². The van der Waals surface area contributed by atoms with Crippen LogP contribution >= 0.6 is 0 Å². The number of benzene rings is 1. The first-order chi connectivity index (χ1) is 11.1. The highest BCUT2D eigenvalue weighted by molar-refractivity contribution is 6.05. The third kappa shape index (κ3) is 2.73. The van der Waals surface area contributed by atoms with Gasteiger partial charge in [0.05, 0.1) is 6.61 Å². The van der Waals surface area contributed by atoms with Crippen molar-refractivity contribution in [2.45, 2.75) is 13.8 Å². The van der Waals surface area contributed by atoms with E-state index in [9.17, 15) is 4.79 Å². The van der Waals surface area contributed by atoms with E-state index in [1.54, 1.807) is 6.92 Å². The van der Waals surface area contributed by atoms with E-state index >= 15 is 0 Å². The number of anilines is 2. The second-order valence-corrected chi connectivity index (χ2v) is 5.03. The van der Waals surface area contributed by atoms with Gasteiger partial charge in [0, 0.05) is 12.7 Å². The fourth-order valence-corrected chi connectivity index (χ4v) is 2.32. The summed E-state index contributed by atoms with van der Waals surface area (Å²) in [5, 5.41) is 4.23. The molecule has 0 saturated heterocycles. The van der Waals surface area contributed by atoms with Crippen LogP contribution < -0.4 is 4.90 Å². The number of aromatic nitrogens is 3. The summed E-state index contributed by atoms with van der Waals surface area (Å²) in [7, 11) is 1.86. The molecule has 0 aliphatic rings. The highest BCUT2D eigenvalue weighted by Crippen LogP contribution is 2.30. The van der Waals surface area contributed by atoms with E-state index in [2.05, 4.69) is 15.1 Å². The molecule has 118 valence electrons. The maximum Gasteiger partial charge on any atom is 0.361 e. The van der Waals surface area contributed by atoms with Crippen LogP contribution in [0.3, 0.4) is 0 Å². The van der Waals surface area contributed by atoms with Crippen LogP contribution in [0, 0.1) is 6.92 Å². The Morgan fingerprint density at radius 2 is 2.17 bits per heavy atom. The number of hydrogen-bond donors (Lipinski definition) is 0. The van der Waals surface area contributed by atoms with E-state index in [4.69, 9.17) is 9.26 Å². The Morgan fingerprint density at radius 1 is 1.35 bits per heavy atom. The normalized spacial score (nSPS) is 10.7. The predicted molar refractivity (Wildman–Crippen MR) is 84.8 cm³/mol. The first-order valence-electron chi connectivity index (χ1n) is 7.19. The SMILES string of the molecule is CCOC(=O)c1noc2ncnc(N(C)c3cccc(C)c3)c12. The van der Waals surface area contributed by atoms with Gasteiger partial charge in [-0.15, -0.1) is 0 Å². The third-order valence-corrected chi connectivity index (χ3v) is 3.43. The maximum atomic E-state index is 12.1. The summed E-state index contributed by atoms with van der Waals surface area (Å²) in [6.45, 7) is 4.00. The van der Waals surface area contributed by atoms with Crippen molar-refractivity contribution < 1.29 is 14.1 Å². The van der Waals surface area contributed by atoms with Crippen molar-refractivity contribution in [2.75, 3.05) is 18.6 Å². The number of ether oxygens (including phenoxy) is 1. The van der Waals surface area contributed by atoms with E-state index in [0.717, 1.165) is 11.3 Å². The summed E-state index contributed by atoms with van der Waals surface area (Å²) in [4.78, 5) is 22.2. The average Bonchev–Trinajstić information content (AvgIpc) is 2.98. The quantitative estimate of drug-likeness (QED) is 0.685. The molecule has 3 aromatic rings. The molecule has 7 heteroatoms. The Labute approximate surface area is 132 Å². The molecule has 0 amide bonds. The molecule has 0 radical (unpaired) electrons. The van der Waals surface area contributed by atoms with Gasteiger partial charge in [0.25, 0.3) is 5.71 Å². The van der Waals surface area contributed by atoms with Crippen molar-refractivity contribution in [1.82, 2.24) is 15.1 Å². The molecule has 0 aliphatic carbocycles. The van der Waals surface area contributed by atoms with Gasteiger partial charge >= 0.3 is 5.97 Å². The second kappa shape index (κ2) is 6.04. The zero-order chi connectivity index (χ0) is 16.4. The van der Waals surface area contributed by atoms with Crippen LogP contribution in [0.25, 0.3) is 11.1 Å². The molecule has 1 aromatic carbocycles. The van der Waals surface area contributed by atoms with Crippen molar-refractivity contribution in [3.05, 3.63) is 41.9 Å². The molecule has 3 rings (SSSR count). The van der Waals surface area contributed by atoms with Gasteiger partial charge in [-0.25, -0.2) is 9.78 Å². The van der Waals surface area contributed by atoms with Crippen molar-refractivity contribution in [3.63, 3.8) is 0 Å². The van der Waals surface area contributed by atoms with E-state index < -0.39 is 5.97 Å². The standard InChI is InChI=1S/C16H16N4O3/c1-4-22-16(21)13-12-14(17-9-18-15(12)23-19-13)20(3)11-7-5-6-10(2)8-11/h5-9H,4H2,1-3H3. The van der Waals surface area contributed by atoms with Crippen molar-refractivity contribution >= 4 is 28.6 Å². The first-order valence-corrected chi connectivity index (χ1v) is 7.19. The molecule has 0 saturated carbocycles. The molecule has 23 heavy (non-hydrogen) atoms. The fourth-order valence-electron chi connectivity index (χ4n) is 2.32. The van der Waals surface area contributed by atoms with Crippen molar-refractivity contribution in [3.8, 4) is 0 Å². The highest BCUT2D eigenvalue weighted by atomic mass is 16.5. The van der Waals surface area contributed by atoms with E-state index in [-0.39, 0.29) is 18.0 Å². The lowest BCUT2D eigenvalue weighted by Gasteiger charge is -2.19. The second-order valence-electron chi connectivity index (χ2n) is 5.03. The number of aryl methyl sites for hydroxylation is 1. The van der Waals surface area contributed by atoms with Gasteiger partial charge in [-0.1, -0.05) is 17.3 Å². The minimum atomic E-state index is -0.556. The summed E-state index contributed by atoms with van der Waals surface area (Å²) in [5.74, 6) is -0.0233. The summed E-state index contributed by atoms with van der Waals surface area (Å²) in [5.41, 5.74) is 2.38. The molecule has 7 nitrogen and oxygen atoms in total. The lowest BCUT2D eigenvalue weighted by atomic mass is 10.2. The first kappa shape index (κ1) is 15.0. The minimum absolute atomic E-state index is 0.0805. The Balaban J connectivity index is 2.13. The zero-order valence-corrected chi connectivity index (χ0v) is 13.1. The Morgan fingerprint density at radius 3 is 2.91 bits per heavy atom. The summed E-state index contributed by atoms with van der Waals surface area (Å²) < 4.78 is 10.2. The van der Waals surface area contributed by atoms with E-state index in [1.807, 2.05) is 43.1 Å².